The number of nitrogens with zero attached hydrogens (tertiary/aromatic N) is 4. The Morgan fingerprint density at radius 1 is 1.11 bits per heavy atom. The van der Waals surface area contributed by atoms with Gasteiger partial charge in [-0.3, -0.25) is 4.79 Å². The average Bonchev–Trinajstić information content (AvgIpc) is 2.67. The van der Waals surface area contributed by atoms with Crippen LogP contribution >= 0.6 is 0 Å². The number of nitrogens with one attached hydrogen (secondary N) is 1. The first-order chi connectivity index (χ1) is 13.0. The zero-order chi connectivity index (χ0) is 19.2. The maximum absolute atomic E-state index is 11.6. The predicted octanol–water partition coefficient (Wildman–Crippen LogP) is 4.23. The third kappa shape index (κ3) is 4.88. The van der Waals surface area contributed by atoms with E-state index >= 15 is 0 Å². The molecule has 0 unspecified atom stereocenters. The fraction of sp³-hybridized carbons (Fsp3) is 0.238. The summed E-state index contributed by atoms with van der Waals surface area (Å²) < 4.78 is 0. The standard InChI is InChI=1S/C21H23N5O/c1-15(2)26(14-17-8-5-4-6-9-17)21-24-20(13-22-25-21)23-19-11-7-10-18(12-19)16(3)27/h4-13,15H,14H2,1-3H3,(H,23,24,25). The van der Waals surface area contributed by atoms with Gasteiger partial charge in [-0.15, -0.1) is 5.10 Å². The Kier molecular flexibility index (Phi) is 5.76. The molecule has 0 amide bonds. The molecule has 0 aliphatic carbocycles. The second kappa shape index (κ2) is 8.40. The molecule has 3 rings (SSSR count). The lowest BCUT2D eigenvalue weighted by Gasteiger charge is -2.26. The van der Waals surface area contributed by atoms with Crippen molar-refractivity contribution in [1.82, 2.24) is 15.2 Å². The Labute approximate surface area is 159 Å². The number of ketones is 1. The highest BCUT2D eigenvalue weighted by molar-refractivity contribution is 5.95. The molecular weight excluding hydrogens is 338 g/mol. The zero-order valence-electron chi connectivity index (χ0n) is 15.8. The molecule has 6 heteroatoms. The summed E-state index contributed by atoms with van der Waals surface area (Å²) in [7, 11) is 0. The molecule has 3 aromatic rings. The lowest BCUT2D eigenvalue weighted by molar-refractivity contribution is 0.101. The van der Waals surface area contributed by atoms with Crippen molar-refractivity contribution in [2.24, 2.45) is 0 Å². The molecule has 0 saturated heterocycles. The molecule has 0 bridgehead atoms. The maximum Gasteiger partial charge on any atom is 0.247 e. The molecule has 2 aromatic carbocycles. The van der Waals surface area contributed by atoms with Crippen molar-refractivity contribution >= 4 is 23.2 Å². The van der Waals surface area contributed by atoms with E-state index in [4.69, 9.17) is 0 Å². The van der Waals surface area contributed by atoms with Crippen LogP contribution in [0.3, 0.4) is 0 Å². The van der Waals surface area contributed by atoms with Gasteiger partial charge in [-0.25, -0.2) is 0 Å². The number of carbonyl (C=O) groups excluding carboxylic acids is 1. The van der Waals surface area contributed by atoms with Crippen LogP contribution in [0.25, 0.3) is 0 Å². The Morgan fingerprint density at radius 3 is 2.59 bits per heavy atom. The number of Topliss-reactive ketones (excluding diaryl/α,β-unsaturated/α-hetero) is 1. The molecule has 0 saturated carbocycles. The molecule has 138 valence electrons. The fourth-order valence-electron chi connectivity index (χ4n) is 2.70. The minimum atomic E-state index is 0.0222. The van der Waals surface area contributed by atoms with Gasteiger partial charge in [-0.05, 0) is 38.5 Å². The van der Waals surface area contributed by atoms with Crippen LogP contribution < -0.4 is 10.2 Å². The van der Waals surface area contributed by atoms with Gasteiger partial charge in [-0.1, -0.05) is 42.5 Å². The minimum absolute atomic E-state index is 0.0222. The van der Waals surface area contributed by atoms with E-state index in [0.717, 1.165) is 5.69 Å². The van der Waals surface area contributed by atoms with Crippen molar-refractivity contribution in [2.75, 3.05) is 10.2 Å². The highest BCUT2D eigenvalue weighted by atomic mass is 16.1. The number of aromatic nitrogens is 3. The molecule has 0 fully saturated rings. The fourth-order valence-corrected chi connectivity index (χ4v) is 2.70. The molecule has 0 aliphatic rings. The lowest BCUT2D eigenvalue weighted by Crippen LogP contribution is -2.32. The van der Waals surface area contributed by atoms with Crippen molar-refractivity contribution in [3.05, 3.63) is 71.9 Å². The van der Waals surface area contributed by atoms with Gasteiger partial charge in [0.05, 0.1) is 6.20 Å². The highest BCUT2D eigenvalue weighted by Gasteiger charge is 2.15. The smallest absolute Gasteiger partial charge is 0.247 e. The molecule has 0 radical (unpaired) electrons. The normalized spacial score (nSPS) is 10.7. The number of benzene rings is 2. The van der Waals surface area contributed by atoms with Crippen molar-refractivity contribution < 1.29 is 4.79 Å². The van der Waals surface area contributed by atoms with Gasteiger partial charge in [0, 0.05) is 23.8 Å². The summed E-state index contributed by atoms with van der Waals surface area (Å²) in [5.41, 5.74) is 2.62. The summed E-state index contributed by atoms with van der Waals surface area (Å²) in [4.78, 5) is 18.3. The van der Waals surface area contributed by atoms with Crippen LogP contribution in [0.15, 0.2) is 60.8 Å². The van der Waals surface area contributed by atoms with Crippen molar-refractivity contribution in [2.45, 2.75) is 33.4 Å². The molecule has 6 nitrogen and oxygen atoms in total. The summed E-state index contributed by atoms with van der Waals surface area (Å²) in [5.74, 6) is 1.16. The van der Waals surface area contributed by atoms with Gasteiger partial charge in [0.1, 0.15) is 0 Å². The van der Waals surface area contributed by atoms with Crippen LogP contribution in [0.4, 0.5) is 17.5 Å². The molecule has 27 heavy (non-hydrogen) atoms. The summed E-state index contributed by atoms with van der Waals surface area (Å²) in [6.07, 6.45) is 1.57. The highest BCUT2D eigenvalue weighted by Crippen LogP contribution is 2.20. The monoisotopic (exact) mass is 361 g/mol. The Hall–Kier alpha value is -3.28. The average molecular weight is 361 g/mol. The van der Waals surface area contributed by atoms with Crippen molar-refractivity contribution in [1.29, 1.82) is 0 Å². The quantitative estimate of drug-likeness (QED) is 0.635. The van der Waals surface area contributed by atoms with Gasteiger partial charge in [-0.2, -0.15) is 10.1 Å². The number of hydrogen-bond donors (Lipinski definition) is 1. The van der Waals surface area contributed by atoms with Gasteiger partial charge in [0.15, 0.2) is 11.6 Å². The van der Waals surface area contributed by atoms with Crippen LogP contribution in [-0.2, 0) is 6.54 Å². The second-order valence-corrected chi connectivity index (χ2v) is 6.61. The molecule has 1 heterocycles. The number of anilines is 3. The summed E-state index contributed by atoms with van der Waals surface area (Å²) in [5, 5.41) is 11.5. The summed E-state index contributed by atoms with van der Waals surface area (Å²) >= 11 is 0. The first-order valence-electron chi connectivity index (χ1n) is 8.91. The van der Waals surface area contributed by atoms with E-state index in [-0.39, 0.29) is 11.8 Å². The molecule has 0 aliphatic heterocycles. The Morgan fingerprint density at radius 2 is 1.89 bits per heavy atom. The minimum Gasteiger partial charge on any atom is -0.339 e. The van der Waals surface area contributed by atoms with E-state index < -0.39 is 0 Å². The van der Waals surface area contributed by atoms with Gasteiger partial charge < -0.3 is 10.2 Å². The Balaban J connectivity index is 1.83. The lowest BCUT2D eigenvalue weighted by atomic mass is 10.1. The second-order valence-electron chi connectivity index (χ2n) is 6.61. The van der Waals surface area contributed by atoms with Crippen LogP contribution in [0, 0.1) is 0 Å². The van der Waals surface area contributed by atoms with E-state index in [9.17, 15) is 4.79 Å². The van der Waals surface area contributed by atoms with Crippen LogP contribution in [0.5, 0.6) is 0 Å². The van der Waals surface area contributed by atoms with E-state index in [1.165, 1.54) is 5.56 Å². The predicted molar refractivity (Wildman–Crippen MR) is 107 cm³/mol. The number of rotatable bonds is 7. The van der Waals surface area contributed by atoms with Crippen LogP contribution in [0.2, 0.25) is 0 Å². The van der Waals surface area contributed by atoms with Crippen LogP contribution in [0.1, 0.15) is 36.7 Å². The third-order valence-corrected chi connectivity index (χ3v) is 4.17. The SMILES string of the molecule is CC(=O)c1cccc(Nc2cnnc(N(Cc3ccccc3)C(C)C)n2)c1. The van der Waals surface area contributed by atoms with Crippen LogP contribution in [-0.4, -0.2) is 27.0 Å². The zero-order valence-corrected chi connectivity index (χ0v) is 15.8. The largest absolute Gasteiger partial charge is 0.339 e. The summed E-state index contributed by atoms with van der Waals surface area (Å²) in [6, 6.07) is 17.7. The third-order valence-electron chi connectivity index (χ3n) is 4.17. The Bertz CT molecular complexity index is 911. The van der Waals surface area contributed by atoms with Crippen molar-refractivity contribution in [3.63, 3.8) is 0 Å². The van der Waals surface area contributed by atoms with Gasteiger partial charge in [0.2, 0.25) is 5.95 Å². The van der Waals surface area contributed by atoms with E-state index in [0.29, 0.717) is 23.9 Å². The molecule has 1 aromatic heterocycles. The van der Waals surface area contributed by atoms with Crippen molar-refractivity contribution in [3.8, 4) is 0 Å². The maximum atomic E-state index is 11.6. The first-order valence-corrected chi connectivity index (χ1v) is 8.91. The molecule has 1 N–H and O–H groups in total. The first kappa shape index (κ1) is 18.5. The van der Waals surface area contributed by atoms with E-state index in [1.54, 1.807) is 25.3 Å². The number of hydrogen-bond acceptors (Lipinski definition) is 6. The molecular formula is C21H23N5O. The van der Waals surface area contributed by atoms with Gasteiger partial charge in [0.25, 0.3) is 0 Å². The number of carbonyl (C=O) groups is 1. The molecule has 0 spiro atoms. The van der Waals surface area contributed by atoms with E-state index in [2.05, 4.69) is 51.4 Å². The topological polar surface area (TPSA) is 71.0 Å². The summed E-state index contributed by atoms with van der Waals surface area (Å²) in [6.45, 7) is 6.45. The van der Waals surface area contributed by atoms with E-state index in [1.807, 2.05) is 30.3 Å². The van der Waals surface area contributed by atoms with Gasteiger partial charge >= 0.3 is 0 Å². The molecule has 0 atom stereocenters.